The Balaban J connectivity index is 2.50. The van der Waals surface area contributed by atoms with E-state index >= 15 is 0 Å². The predicted molar refractivity (Wildman–Crippen MR) is 61.0 cm³/mol. The topological polar surface area (TPSA) is 88.3 Å². The van der Waals surface area contributed by atoms with Crippen molar-refractivity contribution >= 4 is 27.0 Å². The zero-order valence-electron chi connectivity index (χ0n) is 8.93. The van der Waals surface area contributed by atoms with Crippen molar-refractivity contribution in [2.24, 2.45) is 0 Å². The molecule has 1 aromatic heterocycles. The van der Waals surface area contributed by atoms with Crippen molar-refractivity contribution in [2.45, 2.75) is 4.90 Å². The van der Waals surface area contributed by atoms with Crippen LogP contribution in [0.25, 0.3) is 10.9 Å². The van der Waals surface area contributed by atoms with Crippen LogP contribution in [0.15, 0.2) is 35.4 Å². The van der Waals surface area contributed by atoms with E-state index in [4.69, 9.17) is 0 Å². The summed E-state index contributed by atoms with van der Waals surface area (Å²) in [4.78, 5) is 13.8. The lowest BCUT2D eigenvalue weighted by Crippen LogP contribution is -2.30. The maximum atomic E-state index is 11.8. The summed E-state index contributed by atoms with van der Waals surface area (Å²) in [6.07, 6.45) is 0.311. The van der Waals surface area contributed by atoms with Crippen molar-refractivity contribution in [3.63, 3.8) is 0 Å². The molecule has 0 aliphatic heterocycles. The highest BCUT2D eigenvalue weighted by Crippen LogP contribution is 2.21. The highest BCUT2D eigenvalue weighted by Gasteiger charge is 2.21. The zero-order chi connectivity index (χ0) is 12.5. The highest BCUT2D eigenvalue weighted by atomic mass is 32.2. The Hall–Kier alpha value is -2.02. The van der Waals surface area contributed by atoms with E-state index in [9.17, 15) is 13.2 Å². The van der Waals surface area contributed by atoms with Crippen LogP contribution in [0.4, 0.5) is 4.79 Å². The number of para-hydroxylation sites is 1. The molecule has 1 heterocycles. The number of fused-ring (bicyclic) bond motifs is 1. The van der Waals surface area contributed by atoms with Crippen molar-refractivity contribution in [2.75, 3.05) is 7.11 Å². The van der Waals surface area contributed by atoms with Crippen molar-refractivity contribution < 1.29 is 17.9 Å². The van der Waals surface area contributed by atoms with Gasteiger partial charge in [0.15, 0.2) is 0 Å². The third kappa shape index (κ3) is 2.09. The lowest BCUT2D eigenvalue weighted by Gasteiger charge is -2.03. The van der Waals surface area contributed by atoms with E-state index < -0.39 is 16.1 Å². The Morgan fingerprint density at radius 1 is 1.35 bits per heavy atom. The van der Waals surface area contributed by atoms with Gasteiger partial charge in [-0.2, -0.15) is 0 Å². The molecule has 0 atom stereocenters. The van der Waals surface area contributed by atoms with Gasteiger partial charge in [0.25, 0.3) is 10.0 Å². The fourth-order valence-corrected chi connectivity index (χ4v) is 2.57. The van der Waals surface area contributed by atoms with E-state index in [-0.39, 0.29) is 4.90 Å². The number of carbonyl (C=O) groups excluding carboxylic acids is 1. The van der Waals surface area contributed by atoms with Gasteiger partial charge in [-0.3, -0.25) is 0 Å². The smallest absolute Gasteiger partial charge is 0.420 e. The molecule has 2 N–H and O–H groups in total. The number of amides is 1. The molecule has 0 aliphatic rings. The maximum absolute atomic E-state index is 11.8. The molecule has 0 unspecified atom stereocenters. The lowest BCUT2D eigenvalue weighted by atomic mass is 10.2. The van der Waals surface area contributed by atoms with Crippen LogP contribution in [0.1, 0.15) is 0 Å². The minimum Gasteiger partial charge on any atom is -0.452 e. The first-order valence-corrected chi connectivity index (χ1v) is 6.20. The van der Waals surface area contributed by atoms with Gasteiger partial charge in [-0.15, -0.1) is 0 Å². The summed E-state index contributed by atoms with van der Waals surface area (Å²) in [5.74, 6) is 0. The minimum absolute atomic E-state index is 0.0125. The first-order valence-electron chi connectivity index (χ1n) is 4.71. The molecule has 0 saturated heterocycles. The summed E-state index contributed by atoms with van der Waals surface area (Å²) in [7, 11) is -2.81. The van der Waals surface area contributed by atoms with E-state index in [1.807, 2.05) is 0 Å². The third-order valence-corrected chi connectivity index (χ3v) is 3.60. The Kier molecular flexibility index (Phi) is 2.76. The number of H-pyrrole nitrogens is 1. The molecule has 0 radical (unpaired) electrons. The van der Waals surface area contributed by atoms with E-state index in [1.54, 1.807) is 29.0 Å². The number of ether oxygens (including phenoxy) is 1. The Bertz CT molecular complexity index is 660. The quantitative estimate of drug-likeness (QED) is 0.843. The number of carbonyl (C=O) groups is 1. The van der Waals surface area contributed by atoms with Gasteiger partial charge in [0, 0.05) is 17.1 Å². The van der Waals surface area contributed by atoms with Crippen molar-refractivity contribution in [3.05, 3.63) is 30.5 Å². The van der Waals surface area contributed by atoms with Crippen LogP contribution in [0, 0.1) is 0 Å². The fraction of sp³-hybridized carbons (Fsp3) is 0.100. The average molecular weight is 254 g/mol. The summed E-state index contributed by atoms with van der Waals surface area (Å²) in [6, 6.07) is 6.89. The molecule has 0 bridgehead atoms. The van der Waals surface area contributed by atoms with Crippen LogP contribution in [0.2, 0.25) is 0 Å². The Morgan fingerprint density at radius 3 is 2.76 bits per heavy atom. The number of aromatic nitrogens is 1. The Morgan fingerprint density at radius 2 is 2.06 bits per heavy atom. The normalized spacial score (nSPS) is 11.4. The third-order valence-electron chi connectivity index (χ3n) is 2.24. The zero-order valence-corrected chi connectivity index (χ0v) is 9.74. The van der Waals surface area contributed by atoms with Crippen LogP contribution in [0.5, 0.6) is 0 Å². The maximum Gasteiger partial charge on any atom is 0.420 e. The summed E-state index contributed by atoms with van der Waals surface area (Å²) in [5, 5.41) is 0.518. The number of methoxy groups -OCH3 is 1. The standard InChI is InChI=1S/C10H10N2O4S/c1-16-10(13)12-17(14,15)9-6-11-8-5-3-2-4-7(8)9/h2-6,11H,1H3,(H,12,13). The SMILES string of the molecule is COC(=O)NS(=O)(=O)c1c[nH]c2ccccc12. The van der Waals surface area contributed by atoms with Crippen LogP contribution >= 0.6 is 0 Å². The number of nitrogens with one attached hydrogen (secondary N) is 2. The van der Waals surface area contributed by atoms with Crippen LogP contribution in [-0.2, 0) is 14.8 Å². The van der Waals surface area contributed by atoms with Crippen LogP contribution in [0.3, 0.4) is 0 Å². The molecule has 6 nitrogen and oxygen atoms in total. The number of sulfonamides is 1. The average Bonchev–Trinajstić information content (AvgIpc) is 2.72. The molecule has 2 aromatic rings. The molecule has 17 heavy (non-hydrogen) atoms. The van der Waals surface area contributed by atoms with Crippen molar-refractivity contribution in [1.82, 2.24) is 9.71 Å². The largest absolute Gasteiger partial charge is 0.452 e. The van der Waals surface area contributed by atoms with E-state index in [1.165, 1.54) is 6.20 Å². The number of hydrogen-bond acceptors (Lipinski definition) is 4. The molecular weight excluding hydrogens is 244 g/mol. The van der Waals surface area contributed by atoms with E-state index in [0.717, 1.165) is 7.11 Å². The molecule has 0 aliphatic carbocycles. The van der Waals surface area contributed by atoms with Crippen molar-refractivity contribution in [3.8, 4) is 0 Å². The highest BCUT2D eigenvalue weighted by molar-refractivity contribution is 7.90. The Labute approximate surface area is 97.6 Å². The summed E-state index contributed by atoms with van der Waals surface area (Å²) in [5.41, 5.74) is 0.678. The summed E-state index contributed by atoms with van der Waals surface area (Å²) >= 11 is 0. The molecule has 90 valence electrons. The van der Waals surface area contributed by atoms with Gasteiger partial charge in [0.2, 0.25) is 0 Å². The van der Waals surface area contributed by atoms with Crippen LogP contribution < -0.4 is 4.72 Å². The van der Waals surface area contributed by atoms with Gasteiger partial charge >= 0.3 is 6.09 Å². The molecule has 7 heteroatoms. The molecule has 0 fully saturated rings. The number of benzene rings is 1. The van der Waals surface area contributed by atoms with Gasteiger partial charge < -0.3 is 9.72 Å². The minimum atomic E-state index is -3.91. The number of hydrogen-bond donors (Lipinski definition) is 2. The van der Waals surface area contributed by atoms with Gasteiger partial charge in [0.1, 0.15) is 4.90 Å². The first kappa shape index (κ1) is 11.5. The second-order valence-electron chi connectivity index (χ2n) is 3.30. The van der Waals surface area contributed by atoms with Crippen LogP contribution in [-0.4, -0.2) is 26.6 Å². The fourth-order valence-electron chi connectivity index (χ4n) is 1.47. The van der Waals surface area contributed by atoms with Gasteiger partial charge in [-0.25, -0.2) is 17.9 Å². The summed E-state index contributed by atoms with van der Waals surface area (Å²) < 4.78 is 29.7. The van der Waals surface area contributed by atoms with Gasteiger partial charge in [-0.05, 0) is 6.07 Å². The molecule has 1 amide bonds. The monoisotopic (exact) mass is 254 g/mol. The van der Waals surface area contributed by atoms with E-state index in [0.29, 0.717) is 10.9 Å². The van der Waals surface area contributed by atoms with E-state index in [2.05, 4.69) is 9.72 Å². The first-order chi connectivity index (χ1) is 8.04. The van der Waals surface area contributed by atoms with Gasteiger partial charge in [-0.1, -0.05) is 18.2 Å². The molecule has 0 spiro atoms. The molecule has 2 rings (SSSR count). The number of aromatic amines is 1. The second-order valence-corrected chi connectivity index (χ2v) is 4.95. The number of rotatable bonds is 2. The lowest BCUT2D eigenvalue weighted by molar-refractivity contribution is 0.177. The van der Waals surface area contributed by atoms with Crippen molar-refractivity contribution in [1.29, 1.82) is 0 Å². The molecule has 1 aromatic carbocycles. The molecular formula is C10H10N2O4S. The summed E-state index contributed by atoms with van der Waals surface area (Å²) in [6.45, 7) is 0. The second kappa shape index (κ2) is 4.10. The predicted octanol–water partition coefficient (Wildman–Crippen LogP) is 1.21. The molecule has 0 saturated carbocycles. The van der Waals surface area contributed by atoms with Gasteiger partial charge in [0.05, 0.1) is 7.11 Å².